The lowest BCUT2D eigenvalue weighted by atomic mass is 9.94. The first-order valence-electron chi connectivity index (χ1n) is 11.7. The molecule has 3 aromatic rings. The second kappa shape index (κ2) is 9.70. The van der Waals surface area contributed by atoms with E-state index in [-0.39, 0.29) is 12.1 Å². The second-order valence-corrected chi connectivity index (χ2v) is 9.78. The van der Waals surface area contributed by atoms with Crippen molar-refractivity contribution in [1.29, 1.82) is 0 Å². The van der Waals surface area contributed by atoms with Gasteiger partial charge in [-0.2, -0.15) is 0 Å². The van der Waals surface area contributed by atoms with Gasteiger partial charge in [0.25, 0.3) is 5.91 Å². The zero-order valence-electron chi connectivity index (χ0n) is 20.5. The molecule has 0 saturated carbocycles. The fourth-order valence-electron chi connectivity index (χ4n) is 5.00. The summed E-state index contributed by atoms with van der Waals surface area (Å²) in [7, 11) is 6.51. The number of carbonyl (C=O) groups is 1. The van der Waals surface area contributed by atoms with E-state index in [1.54, 1.807) is 39.8 Å². The van der Waals surface area contributed by atoms with Gasteiger partial charge in [-0.1, -0.05) is 12.1 Å². The molecule has 0 saturated heterocycles. The molecule has 0 radical (unpaired) electrons. The van der Waals surface area contributed by atoms with E-state index in [0.717, 1.165) is 41.0 Å². The molecule has 1 unspecified atom stereocenters. The molecule has 8 heteroatoms. The van der Waals surface area contributed by atoms with Crippen molar-refractivity contribution < 1.29 is 23.7 Å². The molecule has 1 aliphatic carbocycles. The molecule has 1 aliphatic heterocycles. The molecular formula is C27H30N2O5S. The summed E-state index contributed by atoms with van der Waals surface area (Å²) in [4.78, 5) is 17.1. The molecular weight excluding hydrogens is 464 g/mol. The Bertz CT molecular complexity index is 1250. The maximum absolute atomic E-state index is 13.4. The summed E-state index contributed by atoms with van der Waals surface area (Å²) in [5, 5.41) is 4.30. The van der Waals surface area contributed by atoms with E-state index in [1.807, 2.05) is 36.4 Å². The number of methoxy groups -OCH3 is 4. The molecule has 7 nitrogen and oxygen atoms in total. The normalized spacial score (nSPS) is 16.7. The molecule has 1 atom stereocenters. The largest absolute Gasteiger partial charge is 0.493 e. The zero-order chi connectivity index (χ0) is 24.5. The van der Waals surface area contributed by atoms with Crippen molar-refractivity contribution in [3.05, 3.63) is 63.5 Å². The van der Waals surface area contributed by atoms with Crippen LogP contribution >= 0.6 is 11.3 Å². The lowest BCUT2D eigenvalue weighted by Crippen LogP contribution is -2.45. The average molecular weight is 495 g/mol. The van der Waals surface area contributed by atoms with Crippen LogP contribution in [-0.4, -0.2) is 34.3 Å². The molecule has 2 heterocycles. The minimum atomic E-state index is -0.358. The first kappa shape index (κ1) is 23.4. The molecule has 1 aromatic heterocycles. The van der Waals surface area contributed by atoms with Crippen LogP contribution in [0, 0.1) is 0 Å². The van der Waals surface area contributed by atoms with Crippen molar-refractivity contribution in [3.8, 4) is 23.0 Å². The molecule has 2 aliphatic rings. The topological polar surface area (TPSA) is 69.3 Å². The van der Waals surface area contributed by atoms with Gasteiger partial charge in [0.05, 0.1) is 34.0 Å². The number of hydrogen-bond donors (Lipinski definition) is 1. The van der Waals surface area contributed by atoms with E-state index in [1.165, 1.54) is 16.9 Å². The highest BCUT2D eigenvalue weighted by atomic mass is 32.1. The number of anilines is 1. The fraction of sp³-hybridized carbons (Fsp3) is 0.370. The van der Waals surface area contributed by atoms with Crippen molar-refractivity contribution in [2.75, 3.05) is 33.3 Å². The van der Waals surface area contributed by atoms with Crippen molar-refractivity contribution >= 4 is 22.2 Å². The quantitative estimate of drug-likeness (QED) is 0.492. The predicted molar refractivity (Wildman–Crippen MR) is 136 cm³/mol. The van der Waals surface area contributed by atoms with E-state index >= 15 is 0 Å². The summed E-state index contributed by atoms with van der Waals surface area (Å²) >= 11 is 1.76. The summed E-state index contributed by atoms with van der Waals surface area (Å²) in [6, 6.07) is 11.7. The first-order chi connectivity index (χ1) is 17.1. The molecule has 1 N–H and O–H groups in total. The van der Waals surface area contributed by atoms with Crippen LogP contribution in [0.1, 0.15) is 50.9 Å². The molecule has 5 rings (SSSR count). The summed E-state index contributed by atoms with van der Waals surface area (Å²) in [6.07, 6.45) is 3.93. The Balaban J connectivity index is 1.61. The van der Waals surface area contributed by atoms with Crippen molar-refractivity contribution in [2.24, 2.45) is 0 Å². The lowest BCUT2D eigenvalue weighted by Gasteiger charge is -2.38. The van der Waals surface area contributed by atoms with Crippen LogP contribution in [0.25, 0.3) is 0 Å². The maximum atomic E-state index is 13.4. The van der Waals surface area contributed by atoms with E-state index in [2.05, 4.69) is 10.2 Å². The minimum Gasteiger partial charge on any atom is -0.493 e. The summed E-state index contributed by atoms with van der Waals surface area (Å²) < 4.78 is 22.0. The van der Waals surface area contributed by atoms with Gasteiger partial charge in [-0.25, -0.2) is 0 Å². The van der Waals surface area contributed by atoms with Crippen molar-refractivity contribution in [3.63, 3.8) is 0 Å². The number of aryl methyl sites for hydroxylation is 1. The summed E-state index contributed by atoms with van der Waals surface area (Å²) in [6.45, 7) is 0.589. The van der Waals surface area contributed by atoms with E-state index in [4.69, 9.17) is 18.9 Å². The number of ether oxygens (including phenoxy) is 4. The number of benzene rings is 2. The zero-order valence-corrected chi connectivity index (χ0v) is 21.3. The molecule has 0 fully saturated rings. The SMILES string of the molecule is COc1ccc(CN2c3sc4c(c3C(=O)NC2c2ccc(OC)c(OC)c2)CCCC4)cc1OC. The Hall–Kier alpha value is -3.39. The van der Waals surface area contributed by atoms with E-state index < -0.39 is 0 Å². The third-order valence-corrected chi connectivity index (χ3v) is 8.07. The van der Waals surface area contributed by atoms with Gasteiger partial charge >= 0.3 is 0 Å². The number of thiophene rings is 1. The van der Waals surface area contributed by atoms with Gasteiger partial charge in [-0.15, -0.1) is 11.3 Å². The van der Waals surface area contributed by atoms with Crippen LogP contribution in [0.2, 0.25) is 0 Å². The number of nitrogens with zero attached hydrogens (tertiary/aromatic N) is 1. The number of rotatable bonds is 7. The number of hydrogen-bond acceptors (Lipinski definition) is 7. The van der Waals surface area contributed by atoms with Gasteiger partial charge in [-0.05, 0) is 66.6 Å². The monoisotopic (exact) mass is 494 g/mol. The third kappa shape index (κ3) is 4.16. The predicted octanol–water partition coefficient (Wildman–Crippen LogP) is 5.11. The highest BCUT2D eigenvalue weighted by Gasteiger charge is 2.37. The van der Waals surface area contributed by atoms with Gasteiger partial charge in [-0.3, -0.25) is 4.79 Å². The standard InChI is InChI=1S/C27H30N2O5S/c1-31-19-11-9-16(13-21(19)33-3)15-29-25(17-10-12-20(32-2)22(14-17)34-4)28-26(30)24-18-7-5-6-8-23(18)35-27(24)29/h9-14,25H,5-8,15H2,1-4H3,(H,28,30). The van der Waals surface area contributed by atoms with Gasteiger partial charge in [0, 0.05) is 11.4 Å². The van der Waals surface area contributed by atoms with Gasteiger partial charge < -0.3 is 29.2 Å². The molecule has 184 valence electrons. The summed E-state index contributed by atoms with van der Waals surface area (Å²) in [5.74, 6) is 2.63. The van der Waals surface area contributed by atoms with Crippen molar-refractivity contribution in [1.82, 2.24) is 5.32 Å². The Morgan fingerprint density at radius 1 is 0.886 bits per heavy atom. The average Bonchev–Trinajstić information content (AvgIpc) is 3.30. The summed E-state index contributed by atoms with van der Waals surface area (Å²) in [5.41, 5.74) is 4.04. The van der Waals surface area contributed by atoms with Gasteiger partial charge in [0.2, 0.25) is 0 Å². The smallest absolute Gasteiger partial charge is 0.256 e. The number of fused-ring (bicyclic) bond motifs is 3. The Morgan fingerprint density at radius 3 is 2.26 bits per heavy atom. The maximum Gasteiger partial charge on any atom is 0.256 e. The van der Waals surface area contributed by atoms with Crippen LogP contribution in [0.5, 0.6) is 23.0 Å². The van der Waals surface area contributed by atoms with Crippen LogP contribution < -0.4 is 29.2 Å². The van der Waals surface area contributed by atoms with Crippen LogP contribution in [0.3, 0.4) is 0 Å². The first-order valence-corrected chi connectivity index (χ1v) is 12.5. The number of carbonyl (C=O) groups excluding carboxylic acids is 1. The van der Waals surface area contributed by atoms with Crippen LogP contribution in [-0.2, 0) is 19.4 Å². The molecule has 1 amide bonds. The number of amides is 1. The Labute approximate surface area is 209 Å². The molecule has 35 heavy (non-hydrogen) atoms. The molecule has 2 aromatic carbocycles. The highest BCUT2D eigenvalue weighted by Crippen LogP contribution is 2.46. The molecule has 0 bridgehead atoms. The Kier molecular flexibility index (Phi) is 6.47. The second-order valence-electron chi connectivity index (χ2n) is 8.70. The number of nitrogens with one attached hydrogen (secondary N) is 1. The fourth-order valence-corrected chi connectivity index (χ4v) is 6.42. The highest BCUT2D eigenvalue weighted by molar-refractivity contribution is 7.16. The van der Waals surface area contributed by atoms with Gasteiger partial charge in [0.1, 0.15) is 11.2 Å². The van der Waals surface area contributed by atoms with E-state index in [9.17, 15) is 4.79 Å². The minimum absolute atomic E-state index is 0.0113. The van der Waals surface area contributed by atoms with Crippen LogP contribution in [0.15, 0.2) is 36.4 Å². The lowest BCUT2D eigenvalue weighted by molar-refractivity contribution is 0.0925. The Morgan fingerprint density at radius 2 is 1.54 bits per heavy atom. The van der Waals surface area contributed by atoms with Crippen LogP contribution in [0.4, 0.5) is 5.00 Å². The van der Waals surface area contributed by atoms with E-state index in [0.29, 0.717) is 29.5 Å². The van der Waals surface area contributed by atoms with Gasteiger partial charge in [0.15, 0.2) is 23.0 Å². The molecule has 0 spiro atoms. The third-order valence-electron chi connectivity index (χ3n) is 6.74. The van der Waals surface area contributed by atoms with Crippen molar-refractivity contribution in [2.45, 2.75) is 38.4 Å².